The lowest BCUT2D eigenvalue weighted by Crippen LogP contribution is -2.30. The molecule has 2 N–H and O–H groups in total. The summed E-state index contributed by atoms with van der Waals surface area (Å²) in [6.07, 6.45) is 1.66. The van der Waals surface area contributed by atoms with Crippen molar-refractivity contribution in [1.29, 1.82) is 0 Å². The number of aromatic amines is 1. The Hall–Kier alpha value is -2.28. The lowest BCUT2D eigenvalue weighted by Gasteiger charge is -2.12. The summed E-state index contributed by atoms with van der Waals surface area (Å²) in [5, 5.41) is 3.00. The number of aromatic nitrogens is 2. The van der Waals surface area contributed by atoms with Crippen molar-refractivity contribution in [2.45, 2.75) is 43.6 Å². The average molecular weight is 361 g/mol. The third-order valence-electron chi connectivity index (χ3n) is 3.56. The van der Waals surface area contributed by atoms with E-state index >= 15 is 0 Å². The first-order valence-corrected chi connectivity index (χ1v) is 9.07. The number of aryl methyl sites for hydroxylation is 1. The number of ether oxygens (including phenoxy) is 1. The zero-order chi connectivity index (χ0) is 18.2. The molecule has 0 saturated carbocycles. The maximum Gasteiger partial charge on any atom is 0.251 e. The number of nitrogens with zero attached hydrogens (tertiary/aromatic N) is 1. The van der Waals surface area contributed by atoms with Gasteiger partial charge < -0.3 is 15.0 Å². The second-order valence-corrected chi connectivity index (χ2v) is 6.95. The van der Waals surface area contributed by atoms with Crippen LogP contribution in [0, 0.1) is 0 Å². The van der Waals surface area contributed by atoms with Crippen molar-refractivity contribution < 1.29 is 9.53 Å². The molecule has 2 rings (SSSR count). The summed E-state index contributed by atoms with van der Waals surface area (Å²) in [5.74, 6) is 0.672. The highest BCUT2D eigenvalue weighted by Gasteiger charge is 2.16. The number of carbonyl (C=O) groups excluding carboxylic acids is 1. The van der Waals surface area contributed by atoms with E-state index in [2.05, 4.69) is 15.3 Å². The van der Waals surface area contributed by atoms with Crippen molar-refractivity contribution in [2.75, 3.05) is 7.11 Å². The summed E-state index contributed by atoms with van der Waals surface area (Å²) in [6.45, 7) is 4.26. The summed E-state index contributed by atoms with van der Waals surface area (Å²) in [7, 11) is 1.61. The SMILES string of the molecule is CCCc1cc(=O)[nH]c(SC(C)C(=O)NCc2ccc(OC)cc2)n1. The molecule has 1 heterocycles. The van der Waals surface area contributed by atoms with E-state index < -0.39 is 0 Å². The molecular weight excluding hydrogens is 338 g/mol. The van der Waals surface area contributed by atoms with Crippen LogP contribution >= 0.6 is 11.8 Å². The first kappa shape index (κ1) is 19.1. The molecule has 0 fully saturated rings. The fourth-order valence-corrected chi connectivity index (χ4v) is 3.08. The molecule has 6 nitrogen and oxygen atoms in total. The molecule has 1 aromatic heterocycles. The van der Waals surface area contributed by atoms with E-state index in [0.717, 1.165) is 29.8 Å². The number of thioether (sulfide) groups is 1. The van der Waals surface area contributed by atoms with Crippen LogP contribution < -0.4 is 15.6 Å². The highest BCUT2D eigenvalue weighted by atomic mass is 32.2. The van der Waals surface area contributed by atoms with Crippen LogP contribution in [0.25, 0.3) is 0 Å². The van der Waals surface area contributed by atoms with E-state index in [1.165, 1.54) is 17.8 Å². The quantitative estimate of drug-likeness (QED) is 0.557. The van der Waals surface area contributed by atoms with Gasteiger partial charge in [-0.05, 0) is 31.0 Å². The smallest absolute Gasteiger partial charge is 0.251 e. The minimum atomic E-state index is -0.363. The maximum absolute atomic E-state index is 12.3. The molecule has 1 aromatic carbocycles. The second kappa shape index (κ2) is 9.27. The number of carbonyl (C=O) groups is 1. The molecule has 7 heteroatoms. The number of benzene rings is 1. The van der Waals surface area contributed by atoms with Gasteiger partial charge in [0, 0.05) is 18.3 Å². The fraction of sp³-hybridized carbons (Fsp3) is 0.389. The Morgan fingerprint density at radius 3 is 2.72 bits per heavy atom. The van der Waals surface area contributed by atoms with Gasteiger partial charge in [-0.1, -0.05) is 37.2 Å². The number of hydrogen-bond donors (Lipinski definition) is 2. The van der Waals surface area contributed by atoms with Gasteiger partial charge in [0.25, 0.3) is 5.56 Å². The normalized spacial score (nSPS) is 11.8. The van der Waals surface area contributed by atoms with Crippen LogP contribution in [0.2, 0.25) is 0 Å². The predicted octanol–water partition coefficient (Wildman–Crippen LogP) is 2.53. The van der Waals surface area contributed by atoms with Crippen LogP contribution in [0.1, 0.15) is 31.5 Å². The number of amides is 1. The molecule has 134 valence electrons. The molecular formula is C18H23N3O3S. The fourth-order valence-electron chi connectivity index (χ4n) is 2.22. The van der Waals surface area contributed by atoms with Crippen LogP contribution in [0.15, 0.2) is 40.3 Å². The second-order valence-electron chi connectivity index (χ2n) is 5.62. The van der Waals surface area contributed by atoms with Gasteiger partial charge in [-0.2, -0.15) is 0 Å². The Balaban J connectivity index is 1.92. The molecule has 0 aliphatic rings. The van der Waals surface area contributed by atoms with Gasteiger partial charge in [0.05, 0.1) is 12.4 Å². The Morgan fingerprint density at radius 1 is 1.36 bits per heavy atom. The van der Waals surface area contributed by atoms with E-state index in [1.54, 1.807) is 14.0 Å². The molecule has 0 radical (unpaired) electrons. The highest BCUT2D eigenvalue weighted by Crippen LogP contribution is 2.19. The standard InChI is InChI=1S/C18H23N3O3S/c1-4-5-14-10-16(22)21-18(20-14)25-12(2)17(23)19-11-13-6-8-15(24-3)9-7-13/h6-10,12H,4-5,11H2,1-3H3,(H,19,23)(H,20,21,22). The molecule has 1 amide bonds. The average Bonchev–Trinajstić information content (AvgIpc) is 2.59. The van der Waals surface area contributed by atoms with E-state index in [9.17, 15) is 9.59 Å². The first-order valence-electron chi connectivity index (χ1n) is 8.19. The largest absolute Gasteiger partial charge is 0.497 e. The minimum absolute atomic E-state index is 0.107. The van der Waals surface area contributed by atoms with Crippen molar-refractivity contribution in [3.05, 3.63) is 51.9 Å². The van der Waals surface area contributed by atoms with Crippen LogP contribution in [0.5, 0.6) is 5.75 Å². The molecule has 0 bridgehead atoms. The van der Waals surface area contributed by atoms with Crippen LogP contribution in [-0.4, -0.2) is 28.2 Å². The molecule has 25 heavy (non-hydrogen) atoms. The summed E-state index contributed by atoms with van der Waals surface area (Å²) < 4.78 is 5.11. The van der Waals surface area contributed by atoms with Crippen molar-refractivity contribution in [2.24, 2.45) is 0 Å². The van der Waals surface area contributed by atoms with Gasteiger partial charge in [-0.25, -0.2) is 4.98 Å². The topological polar surface area (TPSA) is 84.1 Å². The van der Waals surface area contributed by atoms with Gasteiger partial charge in [0.1, 0.15) is 5.75 Å². The minimum Gasteiger partial charge on any atom is -0.497 e. The Morgan fingerprint density at radius 2 is 2.08 bits per heavy atom. The molecule has 1 atom stereocenters. The molecule has 0 saturated heterocycles. The summed E-state index contributed by atoms with van der Waals surface area (Å²) >= 11 is 1.25. The Kier molecular flexibility index (Phi) is 7.06. The maximum atomic E-state index is 12.3. The molecule has 0 spiro atoms. The van der Waals surface area contributed by atoms with Crippen LogP contribution in [0.3, 0.4) is 0 Å². The van der Waals surface area contributed by atoms with Crippen molar-refractivity contribution in [3.63, 3.8) is 0 Å². The van der Waals surface area contributed by atoms with E-state index in [-0.39, 0.29) is 16.7 Å². The monoisotopic (exact) mass is 361 g/mol. The predicted molar refractivity (Wildman–Crippen MR) is 99.0 cm³/mol. The summed E-state index contributed by atoms with van der Waals surface area (Å²) in [4.78, 5) is 31.0. The Labute approximate surface area is 151 Å². The number of H-pyrrole nitrogens is 1. The van der Waals surface area contributed by atoms with Gasteiger partial charge in [0.2, 0.25) is 5.91 Å². The van der Waals surface area contributed by atoms with Gasteiger partial charge in [-0.3, -0.25) is 9.59 Å². The van der Waals surface area contributed by atoms with Crippen molar-refractivity contribution in [1.82, 2.24) is 15.3 Å². The van der Waals surface area contributed by atoms with Crippen LogP contribution in [-0.2, 0) is 17.8 Å². The lowest BCUT2D eigenvalue weighted by molar-refractivity contribution is -0.120. The van der Waals surface area contributed by atoms with E-state index in [4.69, 9.17) is 4.74 Å². The first-order chi connectivity index (χ1) is 12.0. The Bertz CT molecular complexity index is 759. The zero-order valence-electron chi connectivity index (χ0n) is 14.7. The number of rotatable bonds is 8. The van der Waals surface area contributed by atoms with Crippen molar-refractivity contribution in [3.8, 4) is 5.75 Å². The van der Waals surface area contributed by atoms with E-state index in [1.807, 2.05) is 31.2 Å². The van der Waals surface area contributed by atoms with Crippen molar-refractivity contribution >= 4 is 17.7 Å². The molecule has 0 aliphatic heterocycles. The third-order valence-corrected chi connectivity index (χ3v) is 4.55. The van der Waals surface area contributed by atoms with Gasteiger partial charge in [0.15, 0.2) is 5.16 Å². The highest BCUT2D eigenvalue weighted by molar-refractivity contribution is 8.00. The van der Waals surface area contributed by atoms with Gasteiger partial charge in [-0.15, -0.1) is 0 Å². The van der Waals surface area contributed by atoms with Gasteiger partial charge >= 0.3 is 0 Å². The van der Waals surface area contributed by atoms with E-state index in [0.29, 0.717) is 11.7 Å². The number of nitrogens with one attached hydrogen (secondary N) is 2. The lowest BCUT2D eigenvalue weighted by atomic mass is 10.2. The molecule has 2 aromatic rings. The third kappa shape index (κ3) is 5.94. The molecule has 1 unspecified atom stereocenters. The summed E-state index contributed by atoms with van der Waals surface area (Å²) in [6, 6.07) is 9.03. The molecule has 0 aliphatic carbocycles. The number of hydrogen-bond acceptors (Lipinski definition) is 5. The van der Waals surface area contributed by atoms with Crippen LogP contribution in [0.4, 0.5) is 0 Å². The number of methoxy groups -OCH3 is 1. The zero-order valence-corrected chi connectivity index (χ0v) is 15.5. The summed E-state index contributed by atoms with van der Waals surface area (Å²) in [5.41, 5.74) is 1.55.